The SMILES string of the molecule is COc1ccc2c(c1OC)CCN(CCCN(C)CCCCc1ccsc1)C2=O. The first-order valence-electron chi connectivity index (χ1n) is 10.4. The summed E-state index contributed by atoms with van der Waals surface area (Å²) < 4.78 is 10.9. The summed E-state index contributed by atoms with van der Waals surface area (Å²) in [4.78, 5) is 17.3. The smallest absolute Gasteiger partial charge is 0.254 e. The second kappa shape index (κ2) is 10.6. The van der Waals surface area contributed by atoms with Gasteiger partial charge < -0.3 is 19.3 Å². The van der Waals surface area contributed by atoms with Crippen molar-refractivity contribution in [1.82, 2.24) is 9.80 Å². The van der Waals surface area contributed by atoms with E-state index in [2.05, 4.69) is 28.8 Å². The van der Waals surface area contributed by atoms with Crippen LogP contribution in [0.5, 0.6) is 11.5 Å². The minimum Gasteiger partial charge on any atom is -0.493 e. The molecule has 0 spiro atoms. The minimum absolute atomic E-state index is 0.102. The quantitative estimate of drug-likeness (QED) is 0.517. The van der Waals surface area contributed by atoms with Gasteiger partial charge in [-0.05, 0) is 86.8 Å². The Hall–Kier alpha value is -2.05. The Balaban J connectivity index is 1.42. The van der Waals surface area contributed by atoms with Crippen molar-refractivity contribution in [3.63, 3.8) is 0 Å². The third-order valence-electron chi connectivity index (χ3n) is 5.60. The van der Waals surface area contributed by atoms with Crippen LogP contribution in [0.1, 0.15) is 40.7 Å². The van der Waals surface area contributed by atoms with Crippen molar-refractivity contribution in [2.24, 2.45) is 0 Å². The summed E-state index contributed by atoms with van der Waals surface area (Å²) >= 11 is 1.77. The van der Waals surface area contributed by atoms with Gasteiger partial charge in [-0.1, -0.05) is 0 Å². The highest BCUT2D eigenvalue weighted by atomic mass is 32.1. The van der Waals surface area contributed by atoms with Crippen LogP contribution < -0.4 is 9.47 Å². The molecule has 1 aliphatic heterocycles. The molecule has 6 heteroatoms. The van der Waals surface area contributed by atoms with E-state index in [1.54, 1.807) is 25.6 Å². The number of nitrogens with zero attached hydrogens (tertiary/aromatic N) is 2. The van der Waals surface area contributed by atoms with Crippen molar-refractivity contribution in [2.75, 3.05) is 47.4 Å². The number of hydrogen-bond acceptors (Lipinski definition) is 5. The van der Waals surface area contributed by atoms with Crippen LogP contribution in [0.3, 0.4) is 0 Å². The van der Waals surface area contributed by atoms with E-state index < -0.39 is 0 Å². The highest BCUT2D eigenvalue weighted by Crippen LogP contribution is 2.36. The third-order valence-corrected chi connectivity index (χ3v) is 6.33. The molecule has 0 saturated heterocycles. The van der Waals surface area contributed by atoms with Crippen LogP contribution in [-0.4, -0.2) is 63.2 Å². The Morgan fingerprint density at radius 3 is 2.66 bits per heavy atom. The minimum atomic E-state index is 0.102. The fourth-order valence-corrected chi connectivity index (χ4v) is 4.66. The van der Waals surface area contributed by atoms with E-state index in [0.29, 0.717) is 11.5 Å². The van der Waals surface area contributed by atoms with E-state index in [0.717, 1.165) is 50.1 Å². The van der Waals surface area contributed by atoms with Gasteiger partial charge in [0.15, 0.2) is 11.5 Å². The van der Waals surface area contributed by atoms with Crippen molar-refractivity contribution >= 4 is 17.2 Å². The molecule has 1 aliphatic rings. The lowest BCUT2D eigenvalue weighted by Gasteiger charge is -2.30. The van der Waals surface area contributed by atoms with Crippen molar-refractivity contribution in [3.8, 4) is 11.5 Å². The maximum Gasteiger partial charge on any atom is 0.254 e. The lowest BCUT2D eigenvalue weighted by atomic mass is 9.97. The topological polar surface area (TPSA) is 42.0 Å². The number of ether oxygens (including phenoxy) is 2. The largest absolute Gasteiger partial charge is 0.493 e. The summed E-state index contributed by atoms with van der Waals surface area (Å²) in [5.74, 6) is 1.49. The lowest BCUT2D eigenvalue weighted by Crippen LogP contribution is -2.39. The molecule has 158 valence electrons. The number of hydrogen-bond donors (Lipinski definition) is 0. The van der Waals surface area contributed by atoms with Crippen LogP contribution in [0.25, 0.3) is 0 Å². The summed E-state index contributed by atoms with van der Waals surface area (Å²) in [7, 11) is 5.43. The standard InChI is InChI=1S/C23H32N2O3S/c1-24(12-5-4-7-18-11-16-29-17-18)13-6-14-25-15-10-19-20(23(25)26)8-9-21(27-2)22(19)28-3/h8-9,11,16-17H,4-7,10,12-15H2,1-3H3. The number of benzene rings is 1. The average Bonchev–Trinajstić information content (AvgIpc) is 3.25. The average molecular weight is 417 g/mol. The number of fused-ring (bicyclic) bond motifs is 1. The summed E-state index contributed by atoms with van der Waals surface area (Å²) in [6.45, 7) is 3.66. The monoisotopic (exact) mass is 416 g/mol. The van der Waals surface area contributed by atoms with Gasteiger partial charge in [-0.25, -0.2) is 0 Å². The Kier molecular flexibility index (Phi) is 7.95. The summed E-state index contributed by atoms with van der Waals surface area (Å²) in [5.41, 5.74) is 3.17. The zero-order valence-corrected chi connectivity index (χ0v) is 18.6. The Morgan fingerprint density at radius 2 is 1.93 bits per heavy atom. The number of amides is 1. The fourth-order valence-electron chi connectivity index (χ4n) is 3.96. The molecule has 29 heavy (non-hydrogen) atoms. The van der Waals surface area contributed by atoms with Gasteiger partial charge in [-0.3, -0.25) is 4.79 Å². The molecule has 0 saturated carbocycles. The van der Waals surface area contributed by atoms with Crippen LogP contribution in [-0.2, 0) is 12.8 Å². The zero-order chi connectivity index (χ0) is 20.6. The van der Waals surface area contributed by atoms with Crippen molar-refractivity contribution in [3.05, 3.63) is 45.6 Å². The number of aryl methyl sites for hydroxylation is 1. The van der Waals surface area contributed by atoms with E-state index in [1.807, 2.05) is 17.0 Å². The highest BCUT2D eigenvalue weighted by molar-refractivity contribution is 7.07. The highest BCUT2D eigenvalue weighted by Gasteiger charge is 2.28. The number of carbonyl (C=O) groups is 1. The molecule has 1 amide bonds. The van der Waals surface area contributed by atoms with Gasteiger partial charge in [0.1, 0.15) is 0 Å². The van der Waals surface area contributed by atoms with Gasteiger partial charge in [0.25, 0.3) is 5.91 Å². The first kappa shape index (κ1) is 21.7. The predicted octanol–water partition coefficient (Wildman–Crippen LogP) is 4.11. The molecule has 0 aliphatic carbocycles. The number of methoxy groups -OCH3 is 2. The fraction of sp³-hybridized carbons (Fsp3) is 0.522. The van der Waals surface area contributed by atoms with Crippen LogP contribution in [0.15, 0.2) is 29.0 Å². The Labute approximate surface area is 178 Å². The lowest BCUT2D eigenvalue weighted by molar-refractivity contribution is 0.0731. The molecule has 1 aromatic heterocycles. The van der Waals surface area contributed by atoms with Crippen LogP contribution in [0.4, 0.5) is 0 Å². The number of thiophene rings is 1. The van der Waals surface area contributed by atoms with Crippen molar-refractivity contribution in [1.29, 1.82) is 0 Å². The molecule has 3 rings (SSSR count). The van der Waals surface area contributed by atoms with Crippen LogP contribution in [0, 0.1) is 0 Å². The molecule has 5 nitrogen and oxygen atoms in total. The second-order valence-electron chi connectivity index (χ2n) is 7.61. The summed E-state index contributed by atoms with van der Waals surface area (Å²) in [6, 6.07) is 5.90. The summed E-state index contributed by atoms with van der Waals surface area (Å²) in [5, 5.41) is 4.39. The molecule has 0 fully saturated rings. The molecule has 0 unspecified atom stereocenters. The van der Waals surface area contributed by atoms with Crippen LogP contribution in [0.2, 0.25) is 0 Å². The third kappa shape index (κ3) is 5.52. The van der Waals surface area contributed by atoms with Crippen molar-refractivity contribution < 1.29 is 14.3 Å². The number of carbonyl (C=O) groups excluding carboxylic acids is 1. The van der Waals surface area contributed by atoms with Gasteiger partial charge in [-0.15, -0.1) is 0 Å². The van der Waals surface area contributed by atoms with E-state index >= 15 is 0 Å². The maximum atomic E-state index is 12.9. The molecular weight excluding hydrogens is 384 g/mol. The second-order valence-corrected chi connectivity index (χ2v) is 8.39. The van der Waals surface area contributed by atoms with Gasteiger partial charge >= 0.3 is 0 Å². The van der Waals surface area contributed by atoms with Gasteiger partial charge in [0.2, 0.25) is 0 Å². The van der Waals surface area contributed by atoms with Crippen molar-refractivity contribution in [2.45, 2.75) is 32.1 Å². The van der Waals surface area contributed by atoms with E-state index in [-0.39, 0.29) is 5.91 Å². The molecule has 0 bridgehead atoms. The van der Waals surface area contributed by atoms with Crippen LogP contribution >= 0.6 is 11.3 Å². The predicted molar refractivity (Wildman–Crippen MR) is 119 cm³/mol. The van der Waals surface area contributed by atoms with E-state index in [9.17, 15) is 4.79 Å². The number of unbranched alkanes of at least 4 members (excludes halogenated alkanes) is 1. The molecule has 0 atom stereocenters. The van der Waals surface area contributed by atoms with E-state index in [1.165, 1.54) is 24.8 Å². The zero-order valence-electron chi connectivity index (χ0n) is 17.8. The normalized spacial score (nSPS) is 13.7. The van der Waals surface area contributed by atoms with Gasteiger partial charge in [0, 0.05) is 24.2 Å². The molecule has 1 aromatic carbocycles. The molecule has 0 radical (unpaired) electrons. The molecule has 0 N–H and O–H groups in total. The molecular formula is C23H32N2O3S. The summed E-state index contributed by atoms with van der Waals surface area (Å²) in [6.07, 6.45) is 5.42. The van der Waals surface area contributed by atoms with Gasteiger partial charge in [0.05, 0.1) is 14.2 Å². The molecule has 2 aromatic rings. The maximum absolute atomic E-state index is 12.9. The van der Waals surface area contributed by atoms with E-state index in [4.69, 9.17) is 9.47 Å². The molecule has 2 heterocycles. The first-order chi connectivity index (χ1) is 14.1. The first-order valence-corrected chi connectivity index (χ1v) is 11.3. The number of rotatable bonds is 11. The van der Waals surface area contributed by atoms with Gasteiger partial charge in [-0.2, -0.15) is 11.3 Å². The Morgan fingerprint density at radius 1 is 1.10 bits per heavy atom. The Bertz CT molecular complexity index is 792.